The van der Waals surface area contributed by atoms with Crippen molar-refractivity contribution in [1.29, 1.82) is 0 Å². The van der Waals surface area contributed by atoms with Gasteiger partial charge in [-0.2, -0.15) is 0 Å². The molecule has 3 nitrogen and oxygen atoms in total. The lowest BCUT2D eigenvalue weighted by Crippen LogP contribution is -2.41. The summed E-state index contributed by atoms with van der Waals surface area (Å²) in [6, 6.07) is 8.92. The van der Waals surface area contributed by atoms with Gasteiger partial charge in [0, 0.05) is 30.5 Å². The number of rotatable bonds is 2. The Morgan fingerprint density at radius 1 is 1.25 bits per heavy atom. The smallest absolute Gasteiger partial charge is 0.0386 e. The minimum absolute atomic E-state index is 0.734. The number of piperidine rings is 1. The molecule has 0 radical (unpaired) electrons. The van der Waals surface area contributed by atoms with E-state index < -0.39 is 0 Å². The van der Waals surface area contributed by atoms with Crippen LogP contribution in [0.4, 0.5) is 11.4 Å². The van der Waals surface area contributed by atoms with Crippen LogP contribution < -0.4 is 10.6 Å². The van der Waals surface area contributed by atoms with E-state index in [-0.39, 0.29) is 0 Å². The lowest BCUT2D eigenvalue weighted by Gasteiger charge is -2.36. The molecule has 1 heterocycles. The summed E-state index contributed by atoms with van der Waals surface area (Å²) in [5.41, 5.74) is 7.92. The van der Waals surface area contributed by atoms with Crippen molar-refractivity contribution in [1.82, 2.24) is 4.90 Å². The molecule has 16 heavy (non-hydrogen) atoms. The molecule has 3 heteroatoms. The van der Waals surface area contributed by atoms with E-state index in [0.717, 1.165) is 24.8 Å². The Morgan fingerprint density at radius 3 is 2.50 bits per heavy atom. The zero-order valence-electron chi connectivity index (χ0n) is 10.2. The van der Waals surface area contributed by atoms with E-state index in [1.54, 1.807) is 0 Å². The highest BCUT2D eigenvalue weighted by Gasteiger charge is 2.20. The molecule has 2 N–H and O–H groups in total. The molecule has 1 aromatic carbocycles. The highest BCUT2D eigenvalue weighted by Crippen LogP contribution is 2.23. The van der Waals surface area contributed by atoms with Gasteiger partial charge in [0.15, 0.2) is 0 Å². The number of hydrogen-bond acceptors (Lipinski definition) is 3. The van der Waals surface area contributed by atoms with Crippen LogP contribution in [0.5, 0.6) is 0 Å². The maximum atomic E-state index is 5.81. The topological polar surface area (TPSA) is 32.5 Å². The number of nitrogens with two attached hydrogens (primary N) is 1. The normalized spacial score (nSPS) is 18.1. The van der Waals surface area contributed by atoms with E-state index in [1.807, 2.05) is 12.1 Å². The standard InChI is InChI=1S/C13H21N3/c1-15(2)12-6-8-16(9-7-12)13-5-3-4-11(14)10-13/h3-5,10,12H,6-9,14H2,1-2H3. The minimum atomic E-state index is 0.734. The maximum absolute atomic E-state index is 5.81. The van der Waals surface area contributed by atoms with Gasteiger partial charge in [-0.05, 0) is 45.1 Å². The molecule has 0 atom stereocenters. The second kappa shape index (κ2) is 4.74. The highest BCUT2D eigenvalue weighted by molar-refractivity contribution is 5.56. The third-order valence-electron chi connectivity index (χ3n) is 3.43. The van der Waals surface area contributed by atoms with E-state index in [1.165, 1.54) is 18.5 Å². The van der Waals surface area contributed by atoms with Crippen molar-refractivity contribution in [3.63, 3.8) is 0 Å². The molecular weight excluding hydrogens is 198 g/mol. The highest BCUT2D eigenvalue weighted by atomic mass is 15.2. The van der Waals surface area contributed by atoms with Crippen LogP contribution in [0.3, 0.4) is 0 Å². The van der Waals surface area contributed by atoms with E-state index in [0.29, 0.717) is 0 Å². The molecule has 0 saturated carbocycles. The molecule has 0 aromatic heterocycles. The summed E-state index contributed by atoms with van der Waals surface area (Å²) >= 11 is 0. The summed E-state index contributed by atoms with van der Waals surface area (Å²) in [5, 5.41) is 0. The number of anilines is 2. The molecule has 1 aliphatic rings. The second-order valence-electron chi connectivity index (χ2n) is 4.78. The Balaban J connectivity index is 1.99. The van der Waals surface area contributed by atoms with Gasteiger partial charge in [-0.3, -0.25) is 0 Å². The van der Waals surface area contributed by atoms with Crippen molar-refractivity contribution in [2.45, 2.75) is 18.9 Å². The fraction of sp³-hybridized carbons (Fsp3) is 0.538. The monoisotopic (exact) mass is 219 g/mol. The van der Waals surface area contributed by atoms with E-state index >= 15 is 0 Å². The van der Waals surface area contributed by atoms with Gasteiger partial charge in [0.25, 0.3) is 0 Å². The van der Waals surface area contributed by atoms with Gasteiger partial charge < -0.3 is 15.5 Å². The zero-order valence-corrected chi connectivity index (χ0v) is 10.2. The Morgan fingerprint density at radius 2 is 1.94 bits per heavy atom. The van der Waals surface area contributed by atoms with Crippen molar-refractivity contribution in [2.75, 3.05) is 37.8 Å². The average molecular weight is 219 g/mol. The molecule has 0 spiro atoms. The third kappa shape index (κ3) is 2.47. The van der Waals surface area contributed by atoms with E-state index in [4.69, 9.17) is 5.73 Å². The fourth-order valence-electron chi connectivity index (χ4n) is 2.36. The van der Waals surface area contributed by atoms with Gasteiger partial charge in [0.1, 0.15) is 0 Å². The van der Waals surface area contributed by atoms with Gasteiger partial charge in [-0.25, -0.2) is 0 Å². The quantitative estimate of drug-likeness (QED) is 0.770. The zero-order chi connectivity index (χ0) is 11.5. The van der Waals surface area contributed by atoms with Crippen LogP contribution in [0.25, 0.3) is 0 Å². The maximum Gasteiger partial charge on any atom is 0.0386 e. The van der Waals surface area contributed by atoms with Crippen molar-refractivity contribution >= 4 is 11.4 Å². The van der Waals surface area contributed by atoms with Crippen LogP contribution in [0.15, 0.2) is 24.3 Å². The van der Waals surface area contributed by atoms with Crippen LogP contribution in [-0.2, 0) is 0 Å². The summed E-state index contributed by atoms with van der Waals surface area (Å²) in [4.78, 5) is 4.76. The van der Waals surface area contributed by atoms with Gasteiger partial charge >= 0.3 is 0 Å². The first kappa shape index (κ1) is 11.3. The molecule has 1 fully saturated rings. The molecular formula is C13H21N3. The van der Waals surface area contributed by atoms with Crippen molar-refractivity contribution in [3.05, 3.63) is 24.3 Å². The van der Waals surface area contributed by atoms with Gasteiger partial charge in [0.2, 0.25) is 0 Å². The van der Waals surface area contributed by atoms with Crippen LogP contribution in [-0.4, -0.2) is 38.1 Å². The lowest BCUT2D eigenvalue weighted by atomic mass is 10.0. The molecule has 0 unspecified atom stereocenters. The van der Waals surface area contributed by atoms with Crippen LogP contribution in [0.2, 0.25) is 0 Å². The first-order chi connectivity index (χ1) is 7.66. The minimum Gasteiger partial charge on any atom is -0.399 e. The number of nitrogens with zero attached hydrogens (tertiary/aromatic N) is 2. The molecule has 0 bridgehead atoms. The summed E-state index contributed by atoms with van der Waals surface area (Å²) in [5.74, 6) is 0. The van der Waals surface area contributed by atoms with Crippen molar-refractivity contribution in [3.8, 4) is 0 Å². The summed E-state index contributed by atoms with van der Waals surface area (Å²) in [7, 11) is 4.33. The Kier molecular flexibility index (Phi) is 3.34. The fourth-order valence-corrected chi connectivity index (χ4v) is 2.36. The Bertz CT molecular complexity index is 341. The van der Waals surface area contributed by atoms with Crippen molar-refractivity contribution in [2.24, 2.45) is 0 Å². The SMILES string of the molecule is CN(C)C1CCN(c2cccc(N)c2)CC1. The number of benzene rings is 1. The molecule has 1 aliphatic heterocycles. The Hall–Kier alpha value is -1.22. The molecule has 2 rings (SSSR count). The van der Waals surface area contributed by atoms with E-state index in [9.17, 15) is 0 Å². The third-order valence-corrected chi connectivity index (χ3v) is 3.43. The predicted octanol–water partition coefficient (Wildman–Crippen LogP) is 1.80. The first-order valence-corrected chi connectivity index (χ1v) is 5.94. The van der Waals surface area contributed by atoms with Crippen LogP contribution >= 0.6 is 0 Å². The molecule has 1 aromatic rings. The van der Waals surface area contributed by atoms with Crippen LogP contribution in [0.1, 0.15) is 12.8 Å². The molecule has 0 aliphatic carbocycles. The summed E-state index contributed by atoms with van der Waals surface area (Å²) < 4.78 is 0. The van der Waals surface area contributed by atoms with Gasteiger partial charge in [0.05, 0.1) is 0 Å². The molecule has 1 saturated heterocycles. The summed E-state index contributed by atoms with van der Waals surface area (Å²) in [6.07, 6.45) is 2.48. The number of nitrogen functional groups attached to an aromatic ring is 1. The van der Waals surface area contributed by atoms with E-state index in [2.05, 4.69) is 36.0 Å². The lowest BCUT2D eigenvalue weighted by molar-refractivity contribution is 0.249. The average Bonchev–Trinajstić information content (AvgIpc) is 2.29. The first-order valence-electron chi connectivity index (χ1n) is 5.94. The predicted molar refractivity (Wildman–Crippen MR) is 69.8 cm³/mol. The number of hydrogen-bond donors (Lipinski definition) is 1. The van der Waals surface area contributed by atoms with Crippen molar-refractivity contribution < 1.29 is 0 Å². The molecule has 88 valence electrons. The van der Waals surface area contributed by atoms with Gasteiger partial charge in [-0.1, -0.05) is 6.07 Å². The van der Waals surface area contributed by atoms with Crippen LogP contribution in [0, 0.1) is 0 Å². The second-order valence-corrected chi connectivity index (χ2v) is 4.78. The largest absolute Gasteiger partial charge is 0.399 e. The molecule has 0 amide bonds. The van der Waals surface area contributed by atoms with Gasteiger partial charge in [-0.15, -0.1) is 0 Å². The Labute approximate surface area is 97.8 Å². The summed E-state index contributed by atoms with van der Waals surface area (Å²) in [6.45, 7) is 2.26.